The molecule has 0 bridgehead atoms. The highest BCUT2D eigenvalue weighted by Gasteiger charge is 2.26. The Morgan fingerprint density at radius 3 is 1.90 bits per heavy atom. The molecule has 0 aliphatic carbocycles. The molecule has 0 saturated carbocycles. The number of hydrogen-bond donors (Lipinski definition) is 1. The number of aliphatic hydroxyl groups excluding tert-OH is 1. The zero-order chi connectivity index (χ0) is 8.31. The van der Waals surface area contributed by atoms with Crippen LogP contribution in [0.2, 0.25) is 0 Å². The minimum atomic E-state index is -0.861. The van der Waals surface area contributed by atoms with Crippen molar-refractivity contribution in [3.8, 4) is 0 Å². The SMILES string of the molecule is CC(C)[C@@H](O)C(C)[N+](=O)[O-]. The predicted octanol–water partition coefficient (Wildman–Crippen LogP) is 0.668. The summed E-state index contributed by atoms with van der Waals surface area (Å²) in [6.45, 7) is 4.92. The van der Waals surface area contributed by atoms with Crippen LogP contribution in [0.15, 0.2) is 0 Å². The van der Waals surface area contributed by atoms with Crippen molar-refractivity contribution in [2.45, 2.75) is 32.9 Å². The van der Waals surface area contributed by atoms with Gasteiger partial charge in [-0.25, -0.2) is 0 Å². The van der Waals surface area contributed by atoms with E-state index in [1.807, 2.05) is 0 Å². The molecule has 0 aromatic carbocycles. The van der Waals surface area contributed by atoms with Crippen LogP contribution in [0.25, 0.3) is 0 Å². The molecule has 0 radical (unpaired) electrons. The number of rotatable bonds is 3. The molecular weight excluding hydrogens is 134 g/mol. The van der Waals surface area contributed by atoms with Gasteiger partial charge in [-0.05, 0) is 5.92 Å². The maximum Gasteiger partial charge on any atom is 0.236 e. The first-order valence-electron chi connectivity index (χ1n) is 3.28. The number of hydrogen-bond acceptors (Lipinski definition) is 3. The molecule has 0 fully saturated rings. The number of aliphatic hydroxyl groups is 1. The molecule has 0 aliphatic heterocycles. The Hall–Kier alpha value is -0.640. The van der Waals surface area contributed by atoms with Gasteiger partial charge in [0, 0.05) is 11.8 Å². The zero-order valence-corrected chi connectivity index (χ0v) is 6.44. The van der Waals surface area contributed by atoms with E-state index in [-0.39, 0.29) is 5.92 Å². The highest BCUT2D eigenvalue weighted by atomic mass is 16.6. The fraction of sp³-hybridized carbons (Fsp3) is 1.00. The number of nitrogens with zero attached hydrogens (tertiary/aromatic N) is 1. The Morgan fingerprint density at radius 1 is 1.40 bits per heavy atom. The van der Waals surface area contributed by atoms with Crippen molar-refractivity contribution >= 4 is 0 Å². The van der Waals surface area contributed by atoms with Crippen LogP contribution in [0.4, 0.5) is 0 Å². The normalized spacial score (nSPS) is 16.9. The van der Waals surface area contributed by atoms with Gasteiger partial charge >= 0.3 is 0 Å². The molecule has 0 aliphatic rings. The Balaban J connectivity index is 3.94. The second-order valence-electron chi connectivity index (χ2n) is 2.76. The topological polar surface area (TPSA) is 63.4 Å². The molecule has 0 heterocycles. The third kappa shape index (κ3) is 2.31. The van der Waals surface area contributed by atoms with Crippen LogP contribution < -0.4 is 0 Å². The van der Waals surface area contributed by atoms with E-state index in [0.29, 0.717) is 0 Å². The molecule has 60 valence electrons. The molecule has 1 N–H and O–H groups in total. The fourth-order valence-corrected chi connectivity index (χ4v) is 0.682. The van der Waals surface area contributed by atoms with E-state index in [2.05, 4.69) is 0 Å². The van der Waals surface area contributed by atoms with Gasteiger partial charge < -0.3 is 5.11 Å². The van der Waals surface area contributed by atoms with Gasteiger partial charge in [-0.1, -0.05) is 13.8 Å². The summed E-state index contributed by atoms with van der Waals surface area (Å²) >= 11 is 0. The first kappa shape index (κ1) is 9.36. The van der Waals surface area contributed by atoms with E-state index in [4.69, 9.17) is 5.11 Å². The molecule has 0 amide bonds. The Kier molecular flexibility index (Phi) is 3.28. The first-order valence-corrected chi connectivity index (χ1v) is 3.28. The minimum Gasteiger partial charge on any atom is -0.386 e. The summed E-state index contributed by atoms with van der Waals surface area (Å²) in [4.78, 5) is 9.62. The van der Waals surface area contributed by atoms with E-state index in [9.17, 15) is 10.1 Å². The van der Waals surface area contributed by atoms with Crippen molar-refractivity contribution in [2.75, 3.05) is 0 Å². The van der Waals surface area contributed by atoms with Crippen molar-refractivity contribution in [2.24, 2.45) is 5.92 Å². The quantitative estimate of drug-likeness (QED) is 0.471. The second-order valence-corrected chi connectivity index (χ2v) is 2.76. The summed E-state index contributed by atoms with van der Waals surface area (Å²) < 4.78 is 0. The van der Waals surface area contributed by atoms with E-state index in [0.717, 1.165) is 0 Å². The van der Waals surface area contributed by atoms with Crippen LogP contribution in [0.1, 0.15) is 20.8 Å². The molecule has 0 rings (SSSR count). The van der Waals surface area contributed by atoms with Gasteiger partial charge in [-0.15, -0.1) is 0 Å². The smallest absolute Gasteiger partial charge is 0.236 e. The van der Waals surface area contributed by atoms with Crippen molar-refractivity contribution in [1.29, 1.82) is 0 Å². The van der Waals surface area contributed by atoms with Gasteiger partial charge in [0.15, 0.2) is 0 Å². The molecule has 0 saturated heterocycles. The van der Waals surface area contributed by atoms with Gasteiger partial charge in [0.05, 0.1) is 0 Å². The summed E-state index contributed by atoms with van der Waals surface area (Å²) in [5, 5.41) is 19.2. The molecule has 0 aromatic heterocycles. The van der Waals surface area contributed by atoms with Crippen LogP contribution in [0, 0.1) is 16.0 Å². The van der Waals surface area contributed by atoms with Crippen molar-refractivity contribution in [3.05, 3.63) is 10.1 Å². The average Bonchev–Trinajstić information content (AvgIpc) is 1.84. The fourth-order valence-electron chi connectivity index (χ4n) is 0.682. The third-order valence-electron chi connectivity index (χ3n) is 1.51. The molecule has 0 aromatic rings. The van der Waals surface area contributed by atoms with E-state index in [1.165, 1.54) is 6.92 Å². The van der Waals surface area contributed by atoms with Crippen LogP contribution in [0.5, 0.6) is 0 Å². The highest BCUT2D eigenvalue weighted by molar-refractivity contribution is 4.65. The van der Waals surface area contributed by atoms with Crippen LogP contribution in [-0.4, -0.2) is 22.2 Å². The molecule has 2 atom stereocenters. The maximum absolute atomic E-state index is 10.1. The van der Waals surface area contributed by atoms with Gasteiger partial charge in [-0.2, -0.15) is 0 Å². The van der Waals surface area contributed by atoms with E-state index >= 15 is 0 Å². The lowest BCUT2D eigenvalue weighted by Crippen LogP contribution is -2.34. The molecule has 0 spiro atoms. The lowest BCUT2D eigenvalue weighted by Gasteiger charge is -2.14. The van der Waals surface area contributed by atoms with Crippen molar-refractivity contribution in [3.63, 3.8) is 0 Å². The average molecular weight is 147 g/mol. The van der Waals surface area contributed by atoms with Gasteiger partial charge in [0.25, 0.3) is 0 Å². The molecule has 4 nitrogen and oxygen atoms in total. The first-order chi connectivity index (χ1) is 4.46. The lowest BCUT2D eigenvalue weighted by molar-refractivity contribution is -0.531. The van der Waals surface area contributed by atoms with Crippen LogP contribution in [0.3, 0.4) is 0 Å². The summed E-state index contributed by atoms with van der Waals surface area (Å²) in [6.07, 6.45) is -0.838. The Labute approximate surface area is 60.0 Å². The summed E-state index contributed by atoms with van der Waals surface area (Å²) in [5.41, 5.74) is 0. The molecule has 10 heavy (non-hydrogen) atoms. The second kappa shape index (κ2) is 3.51. The predicted molar refractivity (Wildman–Crippen MR) is 37.3 cm³/mol. The summed E-state index contributed by atoms with van der Waals surface area (Å²) in [6, 6.07) is -0.861. The molecular formula is C6H13NO3. The largest absolute Gasteiger partial charge is 0.386 e. The molecule has 4 heteroatoms. The monoisotopic (exact) mass is 147 g/mol. The zero-order valence-electron chi connectivity index (χ0n) is 6.44. The summed E-state index contributed by atoms with van der Waals surface area (Å²) in [7, 11) is 0. The van der Waals surface area contributed by atoms with Gasteiger partial charge in [-0.3, -0.25) is 10.1 Å². The third-order valence-corrected chi connectivity index (χ3v) is 1.51. The van der Waals surface area contributed by atoms with E-state index < -0.39 is 17.1 Å². The van der Waals surface area contributed by atoms with Crippen molar-refractivity contribution in [1.82, 2.24) is 0 Å². The lowest BCUT2D eigenvalue weighted by atomic mass is 10.0. The maximum atomic E-state index is 10.1. The highest BCUT2D eigenvalue weighted by Crippen LogP contribution is 2.07. The van der Waals surface area contributed by atoms with E-state index in [1.54, 1.807) is 13.8 Å². The standard InChI is InChI=1S/C6H13NO3/c1-4(2)6(8)5(3)7(9)10/h4-6,8H,1-3H3/t5?,6-/m1/s1. The van der Waals surface area contributed by atoms with Gasteiger partial charge in [0.1, 0.15) is 6.10 Å². The van der Waals surface area contributed by atoms with Crippen molar-refractivity contribution < 1.29 is 10.0 Å². The number of nitro groups is 1. The molecule has 1 unspecified atom stereocenters. The Morgan fingerprint density at radius 2 is 1.80 bits per heavy atom. The van der Waals surface area contributed by atoms with Crippen LogP contribution >= 0.6 is 0 Å². The summed E-state index contributed by atoms with van der Waals surface area (Å²) in [5.74, 6) is -0.0552. The van der Waals surface area contributed by atoms with Gasteiger partial charge in [0.2, 0.25) is 6.04 Å². The minimum absolute atomic E-state index is 0.0552. The Bertz CT molecular complexity index is 124. The van der Waals surface area contributed by atoms with Crippen LogP contribution in [-0.2, 0) is 0 Å².